The minimum Gasteiger partial charge on any atom is -0.477 e. The fourth-order valence-corrected chi connectivity index (χ4v) is 1.66. The Balaban J connectivity index is 2.49. The number of hydrogen-bond acceptors (Lipinski definition) is 4. The van der Waals surface area contributed by atoms with Crippen LogP contribution in [0.15, 0.2) is 30.3 Å². The summed E-state index contributed by atoms with van der Waals surface area (Å²) in [7, 11) is 0. The van der Waals surface area contributed by atoms with Crippen LogP contribution in [0.2, 0.25) is 0 Å². The quantitative estimate of drug-likeness (QED) is 0.880. The van der Waals surface area contributed by atoms with Gasteiger partial charge in [0, 0.05) is 18.2 Å². The predicted octanol–water partition coefficient (Wildman–Crippen LogP) is 2.58. The maximum Gasteiger partial charge on any atom is 0.354 e. The molecule has 0 saturated heterocycles. The number of carboxylic acids is 1. The van der Waals surface area contributed by atoms with Crippen molar-refractivity contribution in [1.29, 1.82) is 0 Å². The number of rotatable bonds is 4. The zero-order chi connectivity index (χ0) is 13.8. The number of anilines is 1. The summed E-state index contributed by atoms with van der Waals surface area (Å²) in [4.78, 5) is 19.5. The Kier molecular flexibility index (Phi) is 3.75. The van der Waals surface area contributed by atoms with E-state index in [0.29, 0.717) is 18.2 Å². The topological polar surface area (TPSA) is 75.1 Å². The van der Waals surface area contributed by atoms with Gasteiger partial charge in [-0.3, -0.25) is 0 Å². The summed E-state index contributed by atoms with van der Waals surface area (Å²) in [5.74, 6) is -0.128. The average Bonchev–Trinajstić information content (AvgIpc) is 2.39. The highest BCUT2D eigenvalue weighted by molar-refractivity contribution is 5.87. The van der Waals surface area contributed by atoms with Gasteiger partial charge in [-0.05, 0) is 13.8 Å². The van der Waals surface area contributed by atoms with E-state index >= 15 is 0 Å². The van der Waals surface area contributed by atoms with Gasteiger partial charge in [0.05, 0.1) is 0 Å². The molecule has 5 nitrogen and oxygen atoms in total. The second-order valence-corrected chi connectivity index (χ2v) is 4.16. The molecular weight excluding hydrogens is 242 g/mol. The lowest BCUT2D eigenvalue weighted by molar-refractivity contribution is 0.0690. The van der Waals surface area contributed by atoms with Gasteiger partial charge < -0.3 is 10.4 Å². The summed E-state index contributed by atoms with van der Waals surface area (Å²) in [6, 6.07) is 9.08. The molecule has 0 atom stereocenters. The molecule has 0 spiro atoms. The molecule has 1 aromatic heterocycles. The maximum atomic E-state index is 11.1. The van der Waals surface area contributed by atoms with Gasteiger partial charge in [-0.15, -0.1) is 0 Å². The number of carbonyl (C=O) groups is 1. The van der Waals surface area contributed by atoms with E-state index < -0.39 is 5.97 Å². The third kappa shape index (κ3) is 3.07. The van der Waals surface area contributed by atoms with E-state index in [9.17, 15) is 4.79 Å². The fraction of sp³-hybridized carbons (Fsp3) is 0.214. The first-order valence-corrected chi connectivity index (χ1v) is 6.03. The van der Waals surface area contributed by atoms with E-state index in [2.05, 4.69) is 15.3 Å². The molecule has 0 amide bonds. The van der Waals surface area contributed by atoms with Crippen LogP contribution in [-0.4, -0.2) is 27.6 Å². The van der Waals surface area contributed by atoms with Crippen molar-refractivity contribution < 1.29 is 9.90 Å². The Labute approximate surface area is 111 Å². The third-order valence-corrected chi connectivity index (χ3v) is 2.61. The molecule has 2 N–H and O–H groups in total. The second kappa shape index (κ2) is 5.48. The van der Waals surface area contributed by atoms with Gasteiger partial charge in [-0.2, -0.15) is 0 Å². The van der Waals surface area contributed by atoms with Crippen molar-refractivity contribution in [2.75, 3.05) is 11.9 Å². The highest BCUT2D eigenvalue weighted by Gasteiger charge is 2.11. The average molecular weight is 257 g/mol. The Bertz CT molecular complexity index is 594. The molecule has 0 aliphatic carbocycles. The maximum absolute atomic E-state index is 11.1. The minimum atomic E-state index is -1.06. The molecule has 0 fully saturated rings. The number of aromatic nitrogens is 2. The number of aryl methyl sites for hydroxylation is 1. The Morgan fingerprint density at radius 1 is 1.26 bits per heavy atom. The number of benzene rings is 1. The third-order valence-electron chi connectivity index (χ3n) is 2.61. The van der Waals surface area contributed by atoms with Crippen LogP contribution in [0.4, 0.5) is 5.82 Å². The van der Waals surface area contributed by atoms with E-state index in [1.807, 2.05) is 38.1 Å². The van der Waals surface area contributed by atoms with Crippen molar-refractivity contribution in [3.05, 3.63) is 41.6 Å². The van der Waals surface area contributed by atoms with E-state index in [4.69, 9.17) is 5.11 Å². The number of hydrogen-bond donors (Lipinski definition) is 2. The van der Waals surface area contributed by atoms with Crippen LogP contribution in [0.1, 0.15) is 23.0 Å². The molecule has 0 saturated carbocycles. The molecule has 1 aromatic carbocycles. The Morgan fingerprint density at radius 2 is 1.95 bits per heavy atom. The summed E-state index contributed by atoms with van der Waals surface area (Å²) in [6.07, 6.45) is 0. The van der Waals surface area contributed by atoms with Crippen molar-refractivity contribution >= 4 is 11.8 Å². The number of nitrogens with zero attached hydrogens (tertiary/aromatic N) is 2. The summed E-state index contributed by atoms with van der Waals surface area (Å²) < 4.78 is 0. The van der Waals surface area contributed by atoms with Crippen LogP contribution in [0.25, 0.3) is 11.4 Å². The van der Waals surface area contributed by atoms with Gasteiger partial charge in [0.2, 0.25) is 0 Å². The first-order valence-electron chi connectivity index (χ1n) is 6.03. The highest BCUT2D eigenvalue weighted by Crippen LogP contribution is 2.18. The molecule has 1 heterocycles. The molecule has 0 unspecified atom stereocenters. The number of aromatic carboxylic acids is 1. The second-order valence-electron chi connectivity index (χ2n) is 4.16. The largest absolute Gasteiger partial charge is 0.477 e. The molecule has 2 rings (SSSR count). The molecule has 19 heavy (non-hydrogen) atoms. The first-order chi connectivity index (χ1) is 9.10. The van der Waals surface area contributed by atoms with Crippen LogP contribution in [0.5, 0.6) is 0 Å². The standard InChI is InChI=1S/C14H15N3O2/c1-3-15-12-8-11(14(18)19)16-13(17-12)10-6-4-9(2)5-7-10/h4-8H,3H2,1-2H3,(H,18,19)(H,15,16,17). The zero-order valence-corrected chi connectivity index (χ0v) is 10.8. The summed E-state index contributed by atoms with van der Waals surface area (Å²) in [5.41, 5.74) is 1.92. The van der Waals surface area contributed by atoms with Crippen LogP contribution in [0, 0.1) is 6.92 Å². The SMILES string of the molecule is CCNc1cc(C(=O)O)nc(-c2ccc(C)cc2)n1. The normalized spacial score (nSPS) is 10.2. The molecule has 0 aliphatic heterocycles. The molecule has 5 heteroatoms. The van der Waals surface area contributed by atoms with E-state index in [1.54, 1.807) is 0 Å². The van der Waals surface area contributed by atoms with Crippen LogP contribution in [0.3, 0.4) is 0 Å². The fourth-order valence-electron chi connectivity index (χ4n) is 1.66. The van der Waals surface area contributed by atoms with Crippen LogP contribution in [-0.2, 0) is 0 Å². The smallest absolute Gasteiger partial charge is 0.354 e. The summed E-state index contributed by atoms with van der Waals surface area (Å²) in [6.45, 7) is 4.58. The van der Waals surface area contributed by atoms with Crippen molar-refractivity contribution in [1.82, 2.24) is 9.97 Å². The molecule has 2 aromatic rings. The van der Waals surface area contributed by atoms with Crippen LogP contribution < -0.4 is 5.32 Å². The summed E-state index contributed by atoms with van der Waals surface area (Å²) in [5, 5.41) is 12.1. The minimum absolute atomic E-state index is 0.0125. The van der Waals surface area contributed by atoms with Gasteiger partial charge in [0.1, 0.15) is 5.82 Å². The number of carboxylic acid groups (broad SMARTS) is 1. The van der Waals surface area contributed by atoms with Crippen molar-refractivity contribution in [3.63, 3.8) is 0 Å². The Hall–Kier alpha value is -2.43. The molecule has 0 bridgehead atoms. The van der Waals surface area contributed by atoms with E-state index in [1.165, 1.54) is 6.07 Å². The van der Waals surface area contributed by atoms with Gasteiger partial charge in [-0.25, -0.2) is 14.8 Å². The van der Waals surface area contributed by atoms with Crippen molar-refractivity contribution in [3.8, 4) is 11.4 Å². The van der Waals surface area contributed by atoms with Crippen molar-refractivity contribution in [2.24, 2.45) is 0 Å². The Morgan fingerprint density at radius 3 is 2.53 bits per heavy atom. The van der Waals surface area contributed by atoms with Gasteiger partial charge in [0.15, 0.2) is 11.5 Å². The van der Waals surface area contributed by atoms with Crippen molar-refractivity contribution in [2.45, 2.75) is 13.8 Å². The van der Waals surface area contributed by atoms with Gasteiger partial charge >= 0.3 is 5.97 Å². The zero-order valence-electron chi connectivity index (χ0n) is 10.8. The monoisotopic (exact) mass is 257 g/mol. The summed E-state index contributed by atoms with van der Waals surface area (Å²) >= 11 is 0. The van der Waals surface area contributed by atoms with Gasteiger partial charge in [-0.1, -0.05) is 29.8 Å². The lowest BCUT2D eigenvalue weighted by Gasteiger charge is -2.07. The van der Waals surface area contributed by atoms with E-state index in [-0.39, 0.29) is 5.69 Å². The molecular formula is C14H15N3O2. The van der Waals surface area contributed by atoms with Crippen LogP contribution >= 0.6 is 0 Å². The lowest BCUT2D eigenvalue weighted by Crippen LogP contribution is -2.07. The lowest BCUT2D eigenvalue weighted by atomic mass is 10.1. The highest BCUT2D eigenvalue weighted by atomic mass is 16.4. The molecule has 0 radical (unpaired) electrons. The van der Waals surface area contributed by atoms with Gasteiger partial charge in [0.25, 0.3) is 0 Å². The predicted molar refractivity (Wildman–Crippen MR) is 73.3 cm³/mol. The molecule has 0 aliphatic rings. The molecule has 98 valence electrons. The van der Waals surface area contributed by atoms with E-state index in [0.717, 1.165) is 11.1 Å². The first kappa shape index (κ1) is 13.0. The number of nitrogens with one attached hydrogen (secondary N) is 1.